The zero-order chi connectivity index (χ0) is 18.1. The van der Waals surface area contributed by atoms with E-state index in [4.69, 9.17) is 0 Å². The van der Waals surface area contributed by atoms with Gasteiger partial charge in [-0.1, -0.05) is 74.5 Å². The van der Waals surface area contributed by atoms with Crippen molar-refractivity contribution in [2.75, 3.05) is 0 Å². The van der Waals surface area contributed by atoms with Crippen LogP contribution in [0.1, 0.15) is 47.2 Å². The molecule has 6 rings (SSSR count). The number of aromatic hydroxyl groups is 1. The van der Waals surface area contributed by atoms with Crippen LogP contribution >= 0.6 is 0 Å². The molecule has 0 atom stereocenters. The molecule has 0 amide bonds. The van der Waals surface area contributed by atoms with Crippen LogP contribution in [0.5, 0.6) is 5.75 Å². The Morgan fingerprint density at radius 3 is 1.77 bits per heavy atom. The average Bonchev–Trinajstić information content (AvgIpc) is 2.66. The van der Waals surface area contributed by atoms with Gasteiger partial charge in [-0.15, -0.1) is 0 Å². The highest BCUT2D eigenvalue weighted by Crippen LogP contribution is 2.32. The Morgan fingerprint density at radius 1 is 0.654 bits per heavy atom. The maximum Gasteiger partial charge on any atom is 0.119 e. The standard InChI is InChI=1S/C25H26O/c1-25(2)21-13-7-18(8-14-21)6-12-20-4-3-5-24(26)23(20)17-11-19-9-15-22(25)16-10-19/h3-5,7-10,13-16,26H,6,11-12,17H2,1-2H3. The highest BCUT2D eigenvalue weighted by molar-refractivity contribution is 5.43. The van der Waals surface area contributed by atoms with Gasteiger partial charge in [0.25, 0.3) is 0 Å². The summed E-state index contributed by atoms with van der Waals surface area (Å²) in [7, 11) is 0. The molecule has 0 heterocycles. The van der Waals surface area contributed by atoms with Gasteiger partial charge in [0.2, 0.25) is 0 Å². The summed E-state index contributed by atoms with van der Waals surface area (Å²) in [4.78, 5) is 0. The molecule has 0 saturated carbocycles. The maximum absolute atomic E-state index is 10.4. The molecule has 3 aliphatic carbocycles. The third kappa shape index (κ3) is 3.14. The smallest absolute Gasteiger partial charge is 0.119 e. The van der Waals surface area contributed by atoms with Crippen LogP contribution in [0.25, 0.3) is 0 Å². The Hall–Kier alpha value is -2.54. The van der Waals surface area contributed by atoms with Crippen molar-refractivity contribution in [3.63, 3.8) is 0 Å². The number of aryl methyl sites for hydroxylation is 3. The summed E-state index contributed by atoms with van der Waals surface area (Å²) in [5.41, 5.74) is 7.73. The second-order valence-corrected chi connectivity index (χ2v) is 7.93. The first-order valence-electron chi connectivity index (χ1n) is 9.52. The van der Waals surface area contributed by atoms with Crippen molar-refractivity contribution in [1.82, 2.24) is 0 Å². The topological polar surface area (TPSA) is 20.2 Å². The van der Waals surface area contributed by atoms with Crippen LogP contribution in [-0.4, -0.2) is 5.11 Å². The third-order valence-corrected chi connectivity index (χ3v) is 5.95. The van der Waals surface area contributed by atoms with E-state index in [9.17, 15) is 5.11 Å². The third-order valence-electron chi connectivity index (χ3n) is 5.95. The Morgan fingerprint density at radius 2 is 1.19 bits per heavy atom. The normalized spacial score (nSPS) is 15.9. The SMILES string of the molecule is CC1(C)c2ccc(cc2)CCc2cccc(O)c2CCc2ccc1cc2. The van der Waals surface area contributed by atoms with Crippen LogP contribution < -0.4 is 0 Å². The van der Waals surface area contributed by atoms with E-state index < -0.39 is 0 Å². The van der Waals surface area contributed by atoms with Gasteiger partial charge in [0.05, 0.1) is 0 Å². The van der Waals surface area contributed by atoms with Gasteiger partial charge in [0.1, 0.15) is 5.75 Å². The Kier molecular flexibility index (Phi) is 4.32. The molecule has 0 unspecified atom stereocenters. The molecular formula is C25H26O. The summed E-state index contributed by atoms with van der Waals surface area (Å²) in [6.45, 7) is 4.59. The van der Waals surface area contributed by atoms with E-state index in [0.717, 1.165) is 31.2 Å². The zero-order valence-corrected chi connectivity index (χ0v) is 15.6. The monoisotopic (exact) mass is 342 g/mol. The number of benzene rings is 3. The van der Waals surface area contributed by atoms with E-state index in [-0.39, 0.29) is 5.41 Å². The van der Waals surface area contributed by atoms with Gasteiger partial charge in [-0.3, -0.25) is 0 Å². The van der Waals surface area contributed by atoms with Crippen molar-refractivity contribution < 1.29 is 5.11 Å². The first kappa shape index (κ1) is 16.9. The van der Waals surface area contributed by atoms with Gasteiger partial charge in [-0.2, -0.15) is 0 Å². The molecule has 0 spiro atoms. The first-order chi connectivity index (χ1) is 12.5. The second-order valence-electron chi connectivity index (χ2n) is 7.93. The van der Waals surface area contributed by atoms with Gasteiger partial charge in [0.15, 0.2) is 0 Å². The van der Waals surface area contributed by atoms with E-state index in [2.05, 4.69) is 68.4 Å². The Bertz CT molecular complexity index is 902. The minimum Gasteiger partial charge on any atom is -0.508 e. The van der Waals surface area contributed by atoms with Crippen LogP contribution in [0.15, 0.2) is 66.7 Å². The predicted molar refractivity (Wildman–Crippen MR) is 108 cm³/mol. The van der Waals surface area contributed by atoms with E-state index in [1.807, 2.05) is 12.1 Å². The number of hydrogen-bond donors (Lipinski definition) is 1. The predicted octanol–water partition coefficient (Wildman–Crippen LogP) is 5.60. The van der Waals surface area contributed by atoms with Crippen molar-refractivity contribution >= 4 is 0 Å². The van der Waals surface area contributed by atoms with Gasteiger partial charge in [-0.25, -0.2) is 0 Å². The summed E-state index contributed by atoms with van der Waals surface area (Å²) in [5, 5.41) is 10.4. The van der Waals surface area contributed by atoms with Gasteiger partial charge in [0, 0.05) is 5.41 Å². The minimum atomic E-state index is -0.00152. The average molecular weight is 342 g/mol. The number of phenolic OH excluding ortho intramolecular Hbond substituents is 1. The maximum atomic E-state index is 10.4. The van der Waals surface area contributed by atoms with Crippen molar-refractivity contribution in [2.24, 2.45) is 0 Å². The Balaban J connectivity index is 1.80. The van der Waals surface area contributed by atoms with Gasteiger partial charge < -0.3 is 5.11 Å². The molecule has 26 heavy (non-hydrogen) atoms. The molecule has 3 aromatic carbocycles. The van der Waals surface area contributed by atoms with Crippen LogP contribution in [0.3, 0.4) is 0 Å². The van der Waals surface area contributed by atoms with Crippen molar-refractivity contribution in [1.29, 1.82) is 0 Å². The fraction of sp³-hybridized carbons (Fsp3) is 0.280. The molecule has 132 valence electrons. The molecule has 4 bridgehead atoms. The van der Waals surface area contributed by atoms with Gasteiger partial charge >= 0.3 is 0 Å². The lowest BCUT2D eigenvalue weighted by Crippen LogP contribution is -2.18. The lowest BCUT2D eigenvalue weighted by molar-refractivity contribution is 0.466. The van der Waals surface area contributed by atoms with Crippen molar-refractivity contribution in [3.8, 4) is 5.75 Å². The van der Waals surface area contributed by atoms with Gasteiger partial charge in [-0.05, 0) is 65.1 Å². The van der Waals surface area contributed by atoms with Crippen molar-refractivity contribution in [2.45, 2.75) is 44.9 Å². The summed E-state index contributed by atoms with van der Waals surface area (Å²) in [5.74, 6) is 0.430. The number of rotatable bonds is 0. The molecule has 3 aromatic rings. The molecule has 0 fully saturated rings. The fourth-order valence-corrected chi connectivity index (χ4v) is 4.04. The van der Waals surface area contributed by atoms with Crippen LogP contribution in [-0.2, 0) is 31.1 Å². The number of fused-ring (bicyclic) bond motifs is 2. The van der Waals surface area contributed by atoms with Crippen LogP contribution in [0, 0.1) is 0 Å². The summed E-state index contributed by atoms with van der Waals surface area (Å²) in [6, 6.07) is 24.0. The molecule has 0 radical (unpaired) electrons. The largest absolute Gasteiger partial charge is 0.508 e. The summed E-state index contributed by atoms with van der Waals surface area (Å²) in [6.07, 6.45) is 3.80. The molecule has 0 saturated heterocycles. The molecule has 3 aliphatic rings. The quantitative estimate of drug-likeness (QED) is 0.563. The number of hydrogen-bond acceptors (Lipinski definition) is 1. The van der Waals surface area contributed by atoms with E-state index in [0.29, 0.717) is 5.75 Å². The number of phenols is 1. The fourth-order valence-electron chi connectivity index (χ4n) is 4.04. The molecule has 0 aromatic heterocycles. The minimum absolute atomic E-state index is 0.00152. The van der Waals surface area contributed by atoms with Crippen LogP contribution in [0.2, 0.25) is 0 Å². The van der Waals surface area contributed by atoms with E-state index >= 15 is 0 Å². The lowest BCUT2D eigenvalue weighted by Gasteiger charge is -2.26. The van der Waals surface area contributed by atoms with Crippen molar-refractivity contribution in [3.05, 3.63) is 100 Å². The van der Waals surface area contributed by atoms with E-state index in [1.165, 1.54) is 27.8 Å². The summed E-state index contributed by atoms with van der Waals surface area (Å²) < 4.78 is 0. The molecule has 1 heteroatoms. The zero-order valence-electron chi connectivity index (χ0n) is 15.6. The molecular weight excluding hydrogens is 316 g/mol. The highest BCUT2D eigenvalue weighted by Gasteiger charge is 2.23. The second kappa shape index (κ2) is 6.64. The summed E-state index contributed by atoms with van der Waals surface area (Å²) >= 11 is 0. The lowest BCUT2D eigenvalue weighted by atomic mass is 9.77. The molecule has 1 N–H and O–H groups in total. The molecule has 0 aliphatic heterocycles. The Labute approximate surface area is 156 Å². The highest BCUT2D eigenvalue weighted by atomic mass is 16.3. The molecule has 1 nitrogen and oxygen atoms in total. The van der Waals surface area contributed by atoms with Crippen LogP contribution in [0.4, 0.5) is 0 Å². The van der Waals surface area contributed by atoms with E-state index in [1.54, 1.807) is 0 Å². The first-order valence-corrected chi connectivity index (χ1v) is 9.52.